The van der Waals surface area contributed by atoms with Crippen molar-refractivity contribution in [2.75, 3.05) is 5.32 Å². The van der Waals surface area contributed by atoms with Gasteiger partial charge in [0.25, 0.3) is 0 Å². The molecule has 1 aromatic carbocycles. The van der Waals surface area contributed by atoms with Crippen LogP contribution in [0.1, 0.15) is 32.8 Å². The summed E-state index contributed by atoms with van der Waals surface area (Å²) in [6, 6.07) is 4.76. The maximum absolute atomic E-state index is 12.4. The van der Waals surface area contributed by atoms with Crippen molar-refractivity contribution >= 4 is 23.0 Å². The molecule has 0 atom stereocenters. The van der Waals surface area contributed by atoms with E-state index < -0.39 is 11.7 Å². The molecular weight excluding hydrogens is 273 g/mol. The van der Waals surface area contributed by atoms with Crippen LogP contribution in [0.25, 0.3) is 0 Å². The lowest BCUT2D eigenvalue weighted by Gasteiger charge is -2.26. The average molecular weight is 290 g/mol. The standard InChI is InChI=1S/C13H17F3N2S/c1-4-12(2,3)18-11(19)17-10-7-5-9(6-8-10)13(14,15)16/h5-8H,4H2,1-3H3,(H2,17,18,19). The molecule has 1 rings (SSSR count). The molecule has 0 aliphatic rings. The van der Waals surface area contributed by atoms with Crippen LogP contribution in [-0.4, -0.2) is 10.7 Å². The van der Waals surface area contributed by atoms with Crippen molar-refractivity contribution in [2.24, 2.45) is 0 Å². The Kier molecular flexibility index (Phi) is 4.79. The van der Waals surface area contributed by atoms with E-state index >= 15 is 0 Å². The van der Waals surface area contributed by atoms with Crippen molar-refractivity contribution in [3.8, 4) is 0 Å². The lowest BCUT2D eigenvalue weighted by atomic mass is 10.0. The second-order valence-corrected chi connectivity index (χ2v) is 5.30. The zero-order valence-electron chi connectivity index (χ0n) is 11.1. The monoisotopic (exact) mass is 290 g/mol. The van der Waals surface area contributed by atoms with Crippen molar-refractivity contribution in [3.63, 3.8) is 0 Å². The number of thiocarbonyl (C=S) groups is 1. The zero-order chi connectivity index (χ0) is 14.7. The van der Waals surface area contributed by atoms with Gasteiger partial charge >= 0.3 is 6.18 Å². The van der Waals surface area contributed by atoms with Gasteiger partial charge in [-0.2, -0.15) is 13.2 Å². The first kappa shape index (κ1) is 15.8. The highest BCUT2D eigenvalue weighted by Gasteiger charge is 2.29. The van der Waals surface area contributed by atoms with Gasteiger partial charge in [0.2, 0.25) is 0 Å². The minimum absolute atomic E-state index is 0.157. The van der Waals surface area contributed by atoms with Crippen LogP contribution in [0, 0.1) is 0 Å². The highest BCUT2D eigenvalue weighted by Crippen LogP contribution is 2.29. The Morgan fingerprint density at radius 2 is 1.68 bits per heavy atom. The number of benzene rings is 1. The first-order valence-electron chi connectivity index (χ1n) is 5.90. The third-order valence-corrected chi connectivity index (χ3v) is 3.01. The van der Waals surface area contributed by atoms with Gasteiger partial charge in [-0.05, 0) is 56.8 Å². The summed E-state index contributed by atoms with van der Waals surface area (Å²) in [6.07, 6.45) is -3.44. The number of rotatable bonds is 3. The zero-order valence-corrected chi connectivity index (χ0v) is 11.9. The molecule has 0 spiro atoms. The van der Waals surface area contributed by atoms with Gasteiger partial charge in [-0.3, -0.25) is 0 Å². The van der Waals surface area contributed by atoms with Crippen molar-refractivity contribution in [1.29, 1.82) is 0 Å². The quantitative estimate of drug-likeness (QED) is 0.817. The molecule has 2 nitrogen and oxygen atoms in total. The molecule has 19 heavy (non-hydrogen) atoms. The van der Waals surface area contributed by atoms with Crippen LogP contribution in [0.4, 0.5) is 18.9 Å². The summed E-state index contributed by atoms with van der Waals surface area (Å²) in [4.78, 5) is 0. The normalized spacial score (nSPS) is 12.1. The number of nitrogens with one attached hydrogen (secondary N) is 2. The summed E-state index contributed by atoms with van der Waals surface area (Å²) >= 11 is 5.11. The molecule has 0 heterocycles. The van der Waals surface area contributed by atoms with Gasteiger partial charge in [0, 0.05) is 11.2 Å². The predicted molar refractivity (Wildman–Crippen MR) is 75.2 cm³/mol. The second-order valence-electron chi connectivity index (χ2n) is 4.89. The first-order valence-corrected chi connectivity index (χ1v) is 6.31. The minimum Gasteiger partial charge on any atom is -0.358 e. The van der Waals surface area contributed by atoms with Gasteiger partial charge in [-0.15, -0.1) is 0 Å². The van der Waals surface area contributed by atoms with Gasteiger partial charge in [-0.1, -0.05) is 6.92 Å². The SMILES string of the molecule is CCC(C)(C)NC(=S)Nc1ccc(C(F)(F)F)cc1. The Balaban J connectivity index is 2.66. The molecule has 0 saturated carbocycles. The maximum atomic E-state index is 12.4. The Hall–Kier alpha value is -1.30. The van der Waals surface area contributed by atoms with Crippen LogP contribution in [0.3, 0.4) is 0 Å². The second kappa shape index (κ2) is 5.77. The Labute approximate surface area is 116 Å². The summed E-state index contributed by atoms with van der Waals surface area (Å²) in [5.41, 5.74) is -0.307. The van der Waals surface area contributed by atoms with E-state index in [1.54, 1.807) is 0 Å². The predicted octanol–water partition coefficient (Wildman–Crippen LogP) is 4.18. The molecule has 0 radical (unpaired) electrons. The van der Waals surface area contributed by atoms with Crippen LogP contribution >= 0.6 is 12.2 Å². The molecule has 0 amide bonds. The van der Waals surface area contributed by atoms with E-state index in [0.717, 1.165) is 18.6 Å². The molecule has 0 aliphatic carbocycles. The molecule has 1 aromatic rings. The van der Waals surface area contributed by atoms with Crippen molar-refractivity contribution in [2.45, 2.75) is 38.9 Å². The molecule has 0 saturated heterocycles. The smallest absolute Gasteiger partial charge is 0.358 e. The highest BCUT2D eigenvalue weighted by atomic mass is 32.1. The number of anilines is 1. The van der Waals surface area contributed by atoms with Gasteiger partial charge in [-0.25, -0.2) is 0 Å². The average Bonchev–Trinajstić information content (AvgIpc) is 2.27. The summed E-state index contributed by atoms with van der Waals surface area (Å²) in [7, 11) is 0. The summed E-state index contributed by atoms with van der Waals surface area (Å²) in [5.74, 6) is 0. The van der Waals surface area contributed by atoms with Crippen molar-refractivity contribution in [3.05, 3.63) is 29.8 Å². The van der Waals surface area contributed by atoms with Gasteiger partial charge in [0.05, 0.1) is 5.56 Å². The lowest BCUT2D eigenvalue weighted by molar-refractivity contribution is -0.137. The summed E-state index contributed by atoms with van der Waals surface area (Å²) < 4.78 is 37.2. The van der Waals surface area contributed by atoms with E-state index in [1.165, 1.54) is 12.1 Å². The number of halogens is 3. The van der Waals surface area contributed by atoms with E-state index in [2.05, 4.69) is 10.6 Å². The van der Waals surface area contributed by atoms with E-state index in [-0.39, 0.29) is 5.54 Å². The van der Waals surface area contributed by atoms with Crippen LogP contribution in [0.15, 0.2) is 24.3 Å². The number of hydrogen-bond donors (Lipinski definition) is 2. The number of hydrogen-bond acceptors (Lipinski definition) is 1. The molecule has 0 unspecified atom stereocenters. The largest absolute Gasteiger partial charge is 0.416 e. The first-order chi connectivity index (χ1) is 8.64. The van der Waals surface area contributed by atoms with Gasteiger partial charge in [0.15, 0.2) is 5.11 Å². The minimum atomic E-state index is -4.32. The Morgan fingerprint density at radius 1 is 1.16 bits per heavy atom. The lowest BCUT2D eigenvalue weighted by Crippen LogP contribution is -2.44. The Morgan fingerprint density at radius 3 is 2.11 bits per heavy atom. The molecule has 0 aliphatic heterocycles. The third kappa shape index (κ3) is 5.06. The van der Waals surface area contributed by atoms with Crippen LogP contribution < -0.4 is 10.6 Å². The van der Waals surface area contributed by atoms with Gasteiger partial charge in [0.1, 0.15) is 0 Å². The van der Waals surface area contributed by atoms with E-state index in [0.29, 0.717) is 10.8 Å². The number of alkyl halides is 3. The topological polar surface area (TPSA) is 24.1 Å². The molecule has 0 bridgehead atoms. The molecular formula is C13H17F3N2S. The van der Waals surface area contributed by atoms with Crippen LogP contribution in [-0.2, 0) is 6.18 Å². The maximum Gasteiger partial charge on any atom is 0.416 e. The van der Waals surface area contributed by atoms with Gasteiger partial charge < -0.3 is 10.6 Å². The molecule has 0 fully saturated rings. The van der Waals surface area contributed by atoms with Crippen molar-refractivity contribution < 1.29 is 13.2 Å². The fourth-order valence-electron chi connectivity index (χ4n) is 1.30. The van der Waals surface area contributed by atoms with E-state index in [9.17, 15) is 13.2 Å². The van der Waals surface area contributed by atoms with Crippen molar-refractivity contribution in [1.82, 2.24) is 5.32 Å². The van der Waals surface area contributed by atoms with E-state index in [4.69, 9.17) is 12.2 Å². The van der Waals surface area contributed by atoms with E-state index in [1.807, 2.05) is 20.8 Å². The molecule has 2 N–H and O–H groups in total. The third-order valence-electron chi connectivity index (χ3n) is 2.81. The van der Waals surface area contributed by atoms with Crippen LogP contribution in [0.2, 0.25) is 0 Å². The van der Waals surface area contributed by atoms with Crippen LogP contribution in [0.5, 0.6) is 0 Å². The molecule has 0 aromatic heterocycles. The molecule has 106 valence electrons. The highest BCUT2D eigenvalue weighted by molar-refractivity contribution is 7.80. The Bertz CT molecular complexity index is 438. The summed E-state index contributed by atoms with van der Waals surface area (Å²) in [5, 5.41) is 6.36. The fraction of sp³-hybridized carbons (Fsp3) is 0.462. The summed E-state index contributed by atoms with van der Waals surface area (Å²) in [6.45, 7) is 6.01. The fourth-order valence-corrected chi connectivity index (χ4v) is 1.69. The molecule has 6 heteroatoms.